The fraction of sp³-hybridized carbons (Fsp3) is 0.571. The summed E-state index contributed by atoms with van der Waals surface area (Å²) in [6, 6.07) is 6.81. The van der Waals surface area contributed by atoms with E-state index in [-0.39, 0.29) is 0 Å². The van der Waals surface area contributed by atoms with Crippen LogP contribution in [0.4, 0.5) is 5.69 Å². The average molecular weight is 270 g/mol. The Balaban J connectivity index is 1.89. The minimum Gasteiger partial charge on any atom is -0.368 e. The first kappa shape index (κ1) is 11.7. The first-order valence-electron chi connectivity index (χ1n) is 6.39. The zero-order valence-corrected chi connectivity index (χ0v) is 11.3. The van der Waals surface area contributed by atoms with Crippen molar-refractivity contribution in [3.8, 4) is 0 Å². The summed E-state index contributed by atoms with van der Waals surface area (Å²) in [4.78, 5) is 2.54. The molecule has 0 N–H and O–H groups in total. The third-order valence-electron chi connectivity index (χ3n) is 3.64. The SMILES string of the molecule is ClCc1ccc(Cl)cc1N(CC1CC1)C1CC1. The van der Waals surface area contributed by atoms with Gasteiger partial charge >= 0.3 is 0 Å². The lowest BCUT2D eigenvalue weighted by atomic mass is 10.1. The van der Waals surface area contributed by atoms with Gasteiger partial charge in [0, 0.05) is 29.2 Å². The minimum absolute atomic E-state index is 0.570. The van der Waals surface area contributed by atoms with Crippen molar-refractivity contribution in [1.29, 1.82) is 0 Å². The smallest absolute Gasteiger partial charge is 0.0494 e. The Morgan fingerprint density at radius 1 is 1.18 bits per heavy atom. The van der Waals surface area contributed by atoms with E-state index >= 15 is 0 Å². The van der Waals surface area contributed by atoms with Crippen LogP contribution in [0, 0.1) is 5.92 Å². The third-order valence-corrected chi connectivity index (χ3v) is 4.16. The molecule has 0 atom stereocenters. The van der Waals surface area contributed by atoms with Crippen LogP contribution in [-0.4, -0.2) is 12.6 Å². The Hall–Kier alpha value is -0.400. The molecule has 0 unspecified atom stereocenters. The molecule has 1 aromatic rings. The van der Waals surface area contributed by atoms with Gasteiger partial charge in [-0.1, -0.05) is 17.7 Å². The van der Waals surface area contributed by atoms with E-state index in [1.165, 1.54) is 43.5 Å². The van der Waals surface area contributed by atoms with E-state index in [4.69, 9.17) is 23.2 Å². The summed E-state index contributed by atoms with van der Waals surface area (Å²) in [5.41, 5.74) is 2.48. The second-order valence-electron chi connectivity index (χ2n) is 5.23. The Kier molecular flexibility index (Phi) is 3.23. The molecule has 0 spiro atoms. The van der Waals surface area contributed by atoms with Crippen molar-refractivity contribution >= 4 is 28.9 Å². The van der Waals surface area contributed by atoms with Crippen LogP contribution < -0.4 is 4.90 Å². The largest absolute Gasteiger partial charge is 0.368 e. The number of hydrogen-bond donors (Lipinski definition) is 0. The van der Waals surface area contributed by atoms with Gasteiger partial charge in [-0.15, -0.1) is 11.6 Å². The molecule has 2 aliphatic rings. The van der Waals surface area contributed by atoms with Crippen molar-refractivity contribution in [2.75, 3.05) is 11.4 Å². The van der Waals surface area contributed by atoms with Crippen molar-refractivity contribution in [2.45, 2.75) is 37.6 Å². The monoisotopic (exact) mass is 269 g/mol. The molecule has 0 radical (unpaired) electrons. The highest BCUT2D eigenvalue weighted by atomic mass is 35.5. The summed E-state index contributed by atoms with van der Waals surface area (Å²) in [6.45, 7) is 1.19. The molecule has 0 aliphatic heterocycles. The number of benzene rings is 1. The quantitative estimate of drug-likeness (QED) is 0.714. The Bertz CT molecular complexity index is 411. The van der Waals surface area contributed by atoms with Crippen LogP contribution in [-0.2, 0) is 5.88 Å². The van der Waals surface area contributed by atoms with Crippen molar-refractivity contribution in [1.82, 2.24) is 0 Å². The zero-order valence-electron chi connectivity index (χ0n) is 9.83. The normalized spacial score (nSPS) is 19.4. The van der Waals surface area contributed by atoms with E-state index in [0.29, 0.717) is 5.88 Å². The summed E-state index contributed by atoms with van der Waals surface area (Å²) >= 11 is 12.2. The minimum atomic E-state index is 0.570. The van der Waals surface area contributed by atoms with Gasteiger partial charge < -0.3 is 4.90 Å². The van der Waals surface area contributed by atoms with Crippen LogP contribution in [0.15, 0.2) is 18.2 Å². The predicted octanol–water partition coefficient (Wildman–Crippen LogP) is 4.46. The summed E-state index contributed by atoms with van der Waals surface area (Å²) in [6.07, 6.45) is 5.42. The van der Waals surface area contributed by atoms with Crippen LogP contribution in [0.25, 0.3) is 0 Å². The molecule has 0 heterocycles. The molecule has 0 saturated heterocycles. The molecular weight excluding hydrogens is 253 g/mol. The fourth-order valence-electron chi connectivity index (χ4n) is 2.33. The molecule has 1 aromatic carbocycles. The van der Waals surface area contributed by atoms with Crippen LogP contribution in [0.5, 0.6) is 0 Å². The van der Waals surface area contributed by atoms with E-state index < -0.39 is 0 Å². The van der Waals surface area contributed by atoms with Gasteiger partial charge in [-0.25, -0.2) is 0 Å². The molecule has 0 aromatic heterocycles. The summed E-state index contributed by atoms with van der Waals surface area (Å²) < 4.78 is 0. The standard InChI is InChI=1S/C14H17Cl2N/c15-8-11-3-4-12(16)7-14(11)17(13-5-6-13)9-10-1-2-10/h3-4,7,10,13H,1-2,5-6,8-9H2. The predicted molar refractivity (Wildman–Crippen MR) is 74.1 cm³/mol. The molecule has 3 rings (SSSR count). The second-order valence-corrected chi connectivity index (χ2v) is 5.94. The topological polar surface area (TPSA) is 3.24 Å². The highest BCUT2D eigenvalue weighted by Gasteiger charge is 2.34. The molecule has 17 heavy (non-hydrogen) atoms. The molecule has 0 bridgehead atoms. The van der Waals surface area contributed by atoms with Gasteiger partial charge in [0.25, 0.3) is 0 Å². The number of rotatable bonds is 5. The maximum atomic E-state index is 6.13. The van der Waals surface area contributed by atoms with E-state index in [2.05, 4.69) is 17.0 Å². The molecular formula is C14H17Cl2N. The first-order chi connectivity index (χ1) is 8.28. The Labute approximate surface area is 113 Å². The van der Waals surface area contributed by atoms with Crippen LogP contribution in [0.3, 0.4) is 0 Å². The third kappa shape index (κ3) is 2.71. The molecule has 0 amide bonds. The van der Waals surface area contributed by atoms with Gasteiger partial charge in [0.2, 0.25) is 0 Å². The Morgan fingerprint density at radius 2 is 1.94 bits per heavy atom. The highest BCUT2D eigenvalue weighted by molar-refractivity contribution is 6.31. The molecule has 2 fully saturated rings. The molecule has 3 heteroatoms. The van der Waals surface area contributed by atoms with Crippen molar-refractivity contribution in [3.05, 3.63) is 28.8 Å². The molecule has 1 nitrogen and oxygen atoms in total. The molecule has 2 aliphatic carbocycles. The number of nitrogens with zero attached hydrogens (tertiary/aromatic N) is 1. The van der Waals surface area contributed by atoms with E-state index in [1.54, 1.807) is 0 Å². The number of hydrogen-bond acceptors (Lipinski definition) is 1. The average Bonchev–Trinajstić information content (AvgIpc) is 3.17. The van der Waals surface area contributed by atoms with Crippen LogP contribution in [0.2, 0.25) is 5.02 Å². The first-order valence-corrected chi connectivity index (χ1v) is 7.30. The number of anilines is 1. The van der Waals surface area contributed by atoms with Crippen molar-refractivity contribution in [3.63, 3.8) is 0 Å². The van der Waals surface area contributed by atoms with E-state index in [1.807, 2.05) is 6.07 Å². The number of alkyl halides is 1. The molecule has 2 saturated carbocycles. The van der Waals surface area contributed by atoms with Gasteiger partial charge in [0.05, 0.1) is 0 Å². The highest BCUT2D eigenvalue weighted by Crippen LogP contribution is 2.39. The molecule has 92 valence electrons. The lowest BCUT2D eigenvalue weighted by Crippen LogP contribution is -2.28. The van der Waals surface area contributed by atoms with Crippen LogP contribution in [0.1, 0.15) is 31.2 Å². The van der Waals surface area contributed by atoms with E-state index in [9.17, 15) is 0 Å². The van der Waals surface area contributed by atoms with Crippen molar-refractivity contribution < 1.29 is 0 Å². The van der Waals surface area contributed by atoms with E-state index in [0.717, 1.165) is 17.0 Å². The lowest BCUT2D eigenvalue weighted by Gasteiger charge is -2.27. The second kappa shape index (κ2) is 4.70. The summed E-state index contributed by atoms with van der Waals surface area (Å²) in [5.74, 6) is 1.47. The van der Waals surface area contributed by atoms with Gasteiger partial charge in [0.1, 0.15) is 0 Å². The number of halogens is 2. The summed E-state index contributed by atoms with van der Waals surface area (Å²) in [5, 5.41) is 0.815. The van der Waals surface area contributed by atoms with Gasteiger partial charge in [-0.05, 0) is 49.3 Å². The van der Waals surface area contributed by atoms with Gasteiger partial charge in [-0.2, -0.15) is 0 Å². The van der Waals surface area contributed by atoms with Crippen LogP contribution >= 0.6 is 23.2 Å². The maximum absolute atomic E-state index is 6.13. The maximum Gasteiger partial charge on any atom is 0.0494 e. The van der Waals surface area contributed by atoms with Gasteiger partial charge in [0.15, 0.2) is 0 Å². The zero-order chi connectivity index (χ0) is 11.8. The van der Waals surface area contributed by atoms with Gasteiger partial charge in [-0.3, -0.25) is 0 Å². The lowest BCUT2D eigenvalue weighted by molar-refractivity contribution is 0.716. The summed E-state index contributed by atoms with van der Waals surface area (Å²) in [7, 11) is 0. The van der Waals surface area contributed by atoms with Crippen molar-refractivity contribution in [2.24, 2.45) is 5.92 Å². The fourth-order valence-corrected chi connectivity index (χ4v) is 2.72. The Morgan fingerprint density at radius 3 is 2.53 bits per heavy atom.